The van der Waals surface area contributed by atoms with Crippen molar-refractivity contribution in [2.24, 2.45) is 0 Å². The lowest BCUT2D eigenvalue weighted by Crippen LogP contribution is -2.32. The molecule has 4 heteroatoms. The summed E-state index contributed by atoms with van der Waals surface area (Å²) in [5, 5.41) is 3.97. The van der Waals surface area contributed by atoms with E-state index in [4.69, 9.17) is 0 Å². The first-order valence-corrected chi connectivity index (χ1v) is 6.44. The second-order valence-electron chi connectivity index (χ2n) is 2.93. The van der Waals surface area contributed by atoms with E-state index >= 15 is 0 Å². The SMILES string of the molecule is O=C(CBr)NCC1CCCCS1. The molecule has 1 aliphatic rings. The fraction of sp³-hybridized carbons (Fsp3) is 0.875. The van der Waals surface area contributed by atoms with Gasteiger partial charge in [-0.05, 0) is 18.6 Å². The molecule has 1 atom stereocenters. The Kier molecular flexibility index (Phi) is 5.07. The van der Waals surface area contributed by atoms with Gasteiger partial charge in [-0.2, -0.15) is 11.8 Å². The minimum atomic E-state index is 0.0983. The number of carbonyl (C=O) groups excluding carboxylic acids is 1. The molecule has 0 bridgehead atoms. The highest BCUT2D eigenvalue weighted by Crippen LogP contribution is 2.24. The largest absolute Gasteiger partial charge is 0.354 e. The third-order valence-corrected chi connectivity index (χ3v) is 3.83. The molecule has 0 aliphatic carbocycles. The van der Waals surface area contributed by atoms with Crippen molar-refractivity contribution in [2.75, 3.05) is 17.6 Å². The first-order valence-electron chi connectivity index (χ1n) is 4.27. The van der Waals surface area contributed by atoms with Crippen LogP contribution in [0.5, 0.6) is 0 Å². The molecule has 0 radical (unpaired) electrons. The second kappa shape index (κ2) is 5.86. The van der Waals surface area contributed by atoms with Gasteiger partial charge in [0.25, 0.3) is 0 Å². The van der Waals surface area contributed by atoms with Crippen molar-refractivity contribution in [3.05, 3.63) is 0 Å². The molecule has 1 unspecified atom stereocenters. The van der Waals surface area contributed by atoms with E-state index in [2.05, 4.69) is 21.2 Å². The first kappa shape index (κ1) is 10.4. The molecular formula is C8H14BrNOS. The Morgan fingerprint density at radius 2 is 2.42 bits per heavy atom. The third-order valence-electron chi connectivity index (χ3n) is 1.92. The lowest BCUT2D eigenvalue weighted by molar-refractivity contribution is -0.118. The van der Waals surface area contributed by atoms with Gasteiger partial charge < -0.3 is 5.32 Å². The minimum Gasteiger partial charge on any atom is -0.354 e. The predicted octanol–water partition coefficient (Wildman–Crippen LogP) is 1.78. The normalized spacial score (nSPS) is 23.6. The van der Waals surface area contributed by atoms with Crippen LogP contribution in [0.2, 0.25) is 0 Å². The molecule has 1 fully saturated rings. The summed E-state index contributed by atoms with van der Waals surface area (Å²) >= 11 is 5.11. The second-order valence-corrected chi connectivity index (χ2v) is 4.90. The fourth-order valence-corrected chi connectivity index (χ4v) is 2.68. The molecule has 1 aliphatic heterocycles. The summed E-state index contributed by atoms with van der Waals surface area (Å²) in [6, 6.07) is 0. The number of thioether (sulfide) groups is 1. The van der Waals surface area contributed by atoms with Crippen LogP contribution >= 0.6 is 27.7 Å². The molecule has 0 spiro atoms. The number of hydrogen-bond donors (Lipinski definition) is 1. The molecule has 0 aromatic carbocycles. The number of alkyl halides is 1. The Morgan fingerprint density at radius 1 is 1.58 bits per heavy atom. The average molecular weight is 252 g/mol. The topological polar surface area (TPSA) is 29.1 Å². The maximum absolute atomic E-state index is 10.9. The van der Waals surface area contributed by atoms with Crippen molar-refractivity contribution < 1.29 is 4.79 Å². The maximum Gasteiger partial charge on any atom is 0.230 e. The number of halogens is 1. The average Bonchev–Trinajstić information content (AvgIpc) is 2.16. The van der Waals surface area contributed by atoms with E-state index in [-0.39, 0.29) is 5.91 Å². The van der Waals surface area contributed by atoms with Crippen molar-refractivity contribution in [3.63, 3.8) is 0 Å². The summed E-state index contributed by atoms with van der Waals surface area (Å²) in [7, 11) is 0. The van der Waals surface area contributed by atoms with Gasteiger partial charge >= 0.3 is 0 Å². The van der Waals surface area contributed by atoms with Crippen molar-refractivity contribution in [3.8, 4) is 0 Å². The lowest BCUT2D eigenvalue weighted by Gasteiger charge is -2.21. The zero-order chi connectivity index (χ0) is 8.81. The molecule has 0 aromatic rings. The van der Waals surface area contributed by atoms with E-state index < -0.39 is 0 Å². The van der Waals surface area contributed by atoms with Crippen molar-refractivity contribution in [1.82, 2.24) is 5.32 Å². The molecule has 1 N–H and O–H groups in total. The Hall–Kier alpha value is 0.300. The monoisotopic (exact) mass is 251 g/mol. The van der Waals surface area contributed by atoms with E-state index in [9.17, 15) is 4.79 Å². The molecule has 1 saturated heterocycles. The smallest absolute Gasteiger partial charge is 0.230 e. The van der Waals surface area contributed by atoms with Gasteiger partial charge in [0.2, 0.25) is 5.91 Å². The summed E-state index contributed by atoms with van der Waals surface area (Å²) in [5.74, 6) is 1.36. The van der Waals surface area contributed by atoms with Gasteiger partial charge in [-0.25, -0.2) is 0 Å². The van der Waals surface area contributed by atoms with Gasteiger partial charge in [0.1, 0.15) is 0 Å². The molecular weight excluding hydrogens is 238 g/mol. The van der Waals surface area contributed by atoms with Crippen LogP contribution in [0.15, 0.2) is 0 Å². The van der Waals surface area contributed by atoms with Gasteiger partial charge in [-0.1, -0.05) is 22.4 Å². The van der Waals surface area contributed by atoms with Crippen LogP contribution in [-0.2, 0) is 4.79 Å². The molecule has 70 valence electrons. The van der Waals surface area contributed by atoms with E-state index in [1.807, 2.05) is 11.8 Å². The molecule has 1 heterocycles. The van der Waals surface area contributed by atoms with Crippen LogP contribution < -0.4 is 5.32 Å². The Labute approximate surface area is 86.0 Å². The molecule has 0 aromatic heterocycles. The number of carbonyl (C=O) groups is 1. The van der Waals surface area contributed by atoms with Crippen LogP contribution in [-0.4, -0.2) is 28.8 Å². The Bertz CT molecular complexity index is 148. The number of rotatable bonds is 3. The van der Waals surface area contributed by atoms with Gasteiger partial charge in [0.05, 0.1) is 5.33 Å². The van der Waals surface area contributed by atoms with Gasteiger partial charge in [0.15, 0.2) is 0 Å². The predicted molar refractivity (Wildman–Crippen MR) is 56.9 cm³/mol. The number of hydrogen-bond acceptors (Lipinski definition) is 2. The van der Waals surface area contributed by atoms with Crippen molar-refractivity contribution >= 4 is 33.6 Å². The lowest BCUT2D eigenvalue weighted by atomic mass is 10.2. The highest BCUT2D eigenvalue weighted by molar-refractivity contribution is 9.09. The van der Waals surface area contributed by atoms with Crippen LogP contribution in [0.4, 0.5) is 0 Å². The van der Waals surface area contributed by atoms with E-state index in [1.165, 1.54) is 25.0 Å². The Morgan fingerprint density at radius 3 is 3.00 bits per heavy atom. The number of amides is 1. The van der Waals surface area contributed by atoms with Gasteiger partial charge in [-0.3, -0.25) is 4.79 Å². The first-order chi connectivity index (χ1) is 5.83. The molecule has 1 rings (SSSR count). The summed E-state index contributed by atoms with van der Waals surface area (Å²) < 4.78 is 0. The Balaban J connectivity index is 2.09. The molecule has 2 nitrogen and oxygen atoms in total. The highest BCUT2D eigenvalue weighted by Gasteiger charge is 2.13. The van der Waals surface area contributed by atoms with Gasteiger partial charge in [-0.15, -0.1) is 0 Å². The fourth-order valence-electron chi connectivity index (χ4n) is 1.24. The summed E-state index contributed by atoms with van der Waals surface area (Å²) in [6.07, 6.45) is 3.92. The van der Waals surface area contributed by atoms with E-state index in [0.717, 1.165) is 6.54 Å². The molecule has 1 amide bonds. The summed E-state index contributed by atoms with van der Waals surface area (Å²) in [5.41, 5.74) is 0. The summed E-state index contributed by atoms with van der Waals surface area (Å²) in [4.78, 5) is 10.9. The van der Waals surface area contributed by atoms with E-state index in [0.29, 0.717) is 10.6 Å². The van der Waals surface area contributed by atoms with E-state index in [1.54, 1.807) is 0 Å². The zero-order valence-electron chi connectivity index (χ0n) is 7.01. The quantitative estimate of drug-likeness (QED) is 0.776. The summed E-state index contributed by atoms with van der Waals surface area (Å²) in [6.45, 7) is 0.842. The van der Waals surface area contributed by atoms with Crippen molar-refractivity contribution in [2.45, 2.75) is 24.5 Å². The number of nitrogens with one attached hydrogen (secondary N) is 1. The molecule has 0 saturated carbocycles. The minimum absolute atomic E-state index is 0.0983. The molecule has 12 heavy (non-hydrogen) atoms. The zero-order valence-corrected chi connectivity index (χ0v) is 9.42. The van der Waals surface area contributed by atoms with Crippen LogP contribution in [0.1, 0.15) is 19.3 Å². The maximum atomic E-state index is 10.9. The van der Waals surface area contributed by atoms with Gasteiger partial charge in [0, 0.05) is 11.8 Å². The third kappa shape index (κ3) is 3.81. The van der Waals surface area contributed by atoms with Crippen LogP contribution in [0.25, 0.3) is 0 Å². The van der Waals surface area contributed by atoms with Crippen molar-refractivity contribution in [1.29, 1.82) is 0 Å². The van der Waals surface area contributed by atoms with Crippen LogP contribution in [0, 0.1) is 0 Å². The standard InChI is InChI=1S/C8H14BrNOS/c9-5-8(11)10-6-7-3-1-2-4-12-7/h7H,1-6H2,(H,10,11). The van der Waals surface area contributed by atoms with Crippen LogP contribution in [0.3, 0.4) is 0 Å². The highest BCUT2D eigenvalue weighted by atomic mass is 79.9.